The lowest BCUT2D eigenvalue weighted by molar-refractivity contribution is -0.132. The van der Waals surface area contributed by atoms with Gasteiger partial charge in [-0.1, -0.05) is 36.4 Å². The Balaban J connectivity index is 1.67. The minimum atomic E-state index is -0.959. The van der Waals surface area contributed by atoms with Crippen molar-refractivity contribution in [1.82, 2.24) is 4.90 Å². The molecule has 0 saturated heterocycles. The minimum absolute atomic E-state index is 0.203. The van der Waals surface area contributed by atoms with Crippen molar-refractivity contribution in [1.29, 1.82) is 0 Å². The molecule has 4 nitrogen and oxygen atoms in total. The van der Waals surface area contributed by atoms with E-state index in [1.165, 1.54) is 23.9 Å². The highest BCUT2D eigenvalue weighted by Gasteiger charge is 2.22. The summed E-state index contributed by atoms with van der Waals surface area (Å²) in [5.41, 5.74) is 2.09. The van der Waals surface area contributed by atoms with Gasteiger partial charge in [0.15, 0.2) is 0 Å². The van der Waals surface area contributed by atoms with Crippen LogP contribution in [-0.4, -0.2) is 33.4 Å². The lowest BCUT2D eigenvalue weighted by atomic mass is 10.1. The van der Waals surface area contributed by atoms with Crippen molar-refractivity contribution >= 4 is 17.7 Å². The van der Waals surface area contributed by atoms with Crippen molar-refractivity contribution in [3.63, 3.8) is 0 Å². The zero-order valence-corrected chi connectivity index (χ0v) is 16.2. The number of rotatable bonds is 8. The maximum absolute atomic E-state index is 13.0. The molecule has 0 atom stereocenters. The monoisotopic (exact) mass is 399 g/mol. The second-order valence-electron chi connectivity index (χ2n) is 6.51. The summed E-state index contributed by atoms with van der Waals surface area (Å²) in [7, 11) is 0. The van der Waals surface area contributed by atoms with E-state index >= 15 is 0 Å². The first-order valence-corrected chi connectivity index (χ1v) is 10.1. The number of phenols is 1. The number of aryl methyl sites for hydroxylation is 1. The molecule has 0 radical (unpaired) electrons. The molecule has 28 heavy (non-hydrogen) atoms. The number of carboxylic acids is 1. The fourth-order valence-electron chi connectivity index (χ4n) is 3.04. The van der Waals surface area contributed by atoms with Gasteiger partial charge in [-0.25, -0.2) is 9.18 Å². The number of carbonyl (C=O) groups is 1. The number of carboxylic acid groups (broad SMARTS) is 1. The Labute approximate surface area is 168 Å². The van der Waals surface area contributed by atoms with Gasteiger partial charge in [-0.3, -0.25) is 0 Å². The van der Waals surface area contributed by atoms with Gasteiger partial charge < -0.3 is 15.1 Å². The molecule has 1 aliphatic rings. The van der Waals surface area contributed by atoms with E-state index in [1.807, 2.05) is 23.1 Å². The molecule has 6 heteroatoms. The lowest BCUT2D eigenvalue weighted by Crippen LogP contribution is -2.27. The molecule has 0 spiro atoms. The molecule has 146 valence electrons. The molecule has 2 aromatic rings. The molecule has 0 amide bonds. The van der Waals surface area contributed by atoms with Gasteiger partial charge in [-0.2, -0.15) is 0 Å². The van der Waals surface area contributed by atoms with E-state index in [9.17, 15) is 19.4 Å². The number of aliphatic carboxylic acids is 1. The van der Waals surface area contributed by atoms with Crippen molar-refractivity contribution in [2.45, 2.75) is 19.4 Å². The van der Waals surface area contributed by atoms with Crippen molar-refractivity contribution in [3.8, 4) is 5.75 Å². The molecule has 2 N–H and O–H groups in total. The second kappa shape index (κ2) is 9.46. The number of hydrogen-bond donors (Lipinski definition) is 2. The van der Waals surface area contributed by atoms with Gasteiger partial charge in [-0.15, -0.1) is 11.8 Å². The van der Waals surface area contributed by atoms with Gasteiger partial charge in [0, 0.05) is 18.7 Å². The Bertz CT molecular complexity index is 893. The van der Waals surface area contributed by atoms with Crippen LogP contribution in [-0.2, 0) is 17.8 Å². The van der Waals surface area contributed by atoms with E-state index in [1.54, 1.807) is 30.3 Å². The molecule has 0 saturated carbocycles. The van der Waals surface area contributed by atoms with Gasteiger partial charge in [0.05, 0.1) is 10.6 Å². The van der Waals surface area contributed by atoms with Crippen LogP contribution in [0.5, 0.6) is 5.75 Å². The summed E-state index contributed by atoms with van der Waals surface area (Å²) < 4.78 is 13.0. The smallest absolute Gasteiger partial charge is 0.338 e. The number of hydrogen-bond acceptors (Lipinski definition) is 4. The molecule has 0 aromatic heterocycles. The molecule has 3 rings (SSSR count). The van der Waals surface area contributed by atoms with Crippen LogP contribution in [0.2, 0.25) is 0 Å². The fraction of sp³-hybridized carbons (Fsp3) is 0.227. The van der Waals surface area contributed by atoms with Crippen LogP contribution >= 0.6 is 11.8 Å². The summed E-state index contributed by atoms with van der Waals surface area (Å²) in [5.74, 6) is -0.258. The Morgan fingerprint density at radius 3 is 2.61 bits per heavy atom. The average molecular weight is 399 g/mol. The Morgan fingerprint density at radius 1 is 1.14 bits per heavy atom. The van der Waals surface area contributed by atoms with E-state index in [0.29, 0.717) is 18.1 Å². The Hall–Kier alpha value is -2.73. The van der Waals surface area contributed by atoms with Crippen LogP contribution < -0.4 is 0 Å². The summed E-state index contributed by atoms with van der Waals surface area (Å²) in [6.07, 6.45) is 5.12. The predicted molar refractivity (Wildman–Crippen MR) is 109 cm³/mol. The maximum Gasteiger partial charge on any atom is 0.338 e. The highest BCUT2D eigenvalue weighted by atomic mass is 32.2. The van der Waals surface area contributed by atoms with Crippen molar-refractivity contribution in [2.24, 2.45) is 0 Å². The van der Waals surface area contributed by atoms with Crippen LogP contribution in [0.1, 0.15) is 17.5 Å². The third-order valence-corrected chi connectivity index (χ3v) is 5.72. The van der Waals surface area contributed by atoms with Crippen molar-refractivity contribution in [2.75, 3.05) is 12.3 Å². The van der Waals surface area contributed by atoms with Gasteiger partial charge in [-0.05, 0) is 48.4 Å². The van der Waals surface area contributed by atoms with Crippen LogP contribution in [0.3, 0.4) is 0 Å². The highest BCUT2D eigenvalue weighted by molar-refractivity contribution is 8.03. The van der Waals surface area contributed by atoms with Crippen molar-refractivity contribution < 1.29 is 19.4 Å². The minimum Gasteiger partial charge on any atom is -0.508 e. The van der Waals surface area contributed by atoms with Crippen LogP contribution in [0.25, 0.3) is 0 Å². The molecule has 2 aromatic carbocycles. The SMILES string of the molecule is O=C(O)C1=C(SCCCc2ccc(F)cc2)N(Cc2ccccc2O)CC=C1. The number of benzene rings is 2. The summed E-state index contributed by atoms with van der Waals surface area (Å²) >= 11 is 1.51. The third-order valence-electron chi connectivity index (χ3n) is 4.47. The topological polar surface area (TPSA) is 60.8 Å². The lowest BCUT2D eigenvalue weighted by Gasteiger charge is -2.30. The molecular formula is C22H22FNO3S. The Kier molecular flexibility index (Phi) is 6.76. The highest BCUT2D eigenvalue weighted by Crippen LogP contribution is 2.31. The number of para-hydroxylation sites is 1. The fourth-order valence-corrected chi connectivity index (χ4v) is 4.15. The van der Waals surface area contributed by atoms with Gasteiger partial charge >= 0.3 is 5.97 Å². The van der Waals surface area contributed by atoms with E-state index in [4.69, 9.17) is 0 Å². The standard InChI is InChI=1S/C22H22FNO3S/c23-18-11-9-16(10-12-18)5-4-14-28-21-19(22(26)27)7-3-13-24(21)15-17-6-1-2-8-20(17)25/h1-3,6-12,25H,4-5,13-15H2,(H,26,27). The average Bonchev–Trinajstić information content (AvgIpc) is 2.69. The molecule has 0 unspecified atom stereocenters. The number of phenolic OH excluding ortho intramolecular Hbond substituents is 1. The first kappa shape index (κ1) is 20.0. The van der Waals surface area contributed by atoms with E-state index in [-0.39, 0.29) is 17.1 Å². The first-order chi connectivity index (χ1) is 13.5. The van der Waals surface area contributed by atoms with Gasteiger partial charge in [0.1, 0.15) is 11.6 Å². The second-order valence-corrected chi connectivity index (χ2v) is 7.60. The summed E-state index contributed by atoms with van der Waals surface area (Å²) in [6, 6.07) is 13.5. The molecule has 0 fully saturated rings. The van der Waals surface area contributed by atoms with E-state index < -0.39 is 5.97 Å². The Morgan fingerprint density at radius 2 is 1.89 bits per heavy atom. The van der Waals surface area contributed by atoms with E-state index in [0.717, 1.165) is 29.7 Å². The quantitative estimate of drug-likeness (QED) is 0.637. The predicted octanol–water partition coefficient (Wildman–Crippen LogP) is 4.57. The van der Waals surface area contributed by atoms with Gasteiger partial charge in [0.25, 0.3) is 0 Å². The van der Waals surface area contributed by atoms with E-state index in [2.05, 4.69) is 0 Å². The zero-order valence-electron chi connectivity index (χ0n) is 15.3. The molecule has 0 bridgehead atoms. The van der Waals surface area contributed by atoms with Gasteiger partial charge in [0.2, 0.25) is 0 Å². The van der Waals surface area contributed by atoms with Crippen molar-refractivity contribution in [3.05, 3.63) is 88.2 Å². The number of nitrogens with zero attached hydrogens (tertiary/aromatic N) is 1. The summed E-state index contributed by atoms with van der Waals surface area (Å²) in [6.45, 7) is 1.03. The summed E-state index contributed by atoms with van der Waals surface area (Å²) in [5, 5.41) is 20.3. The molecule has 1 heterocycles. The van der Waals surface area contributed by atoms with Crippen LogP contribution in [0.15, 0.2) is 71.3 Å². The van der Waals surface area contributed by atoms with Crippen LogP contribution in [0, 0.1) is 5.82 Å². The largest absolute Gasteiger partial charge is 0.508 e. The number of thioether (sulfide) groups is 1. The number of aromatic hydroxyl groups is 1. The number of halogens is 1. The maximum atomic E-state index is 13.0. The molecule has 1 aliphatic heterocycles. The normalized spacial score (nSPS) is 13.8. The first-order valence-electron chi connectivity index (χ1n) is 9.08. The van der Waals surface area contributed by atoms with Crippen LogP contribution in [0.4, 0.5) is 4.39 Å². The molecule has 0 aliphatic carbocycles. The third kappa shape index (κ3) is 5.16. The summed E-state index contributed by atoms with van der Waals surface area (Å²) in [4.78, 5) is 13.7. The molecular weight excluding hydrogens is 377 g/mol. The zero-order chi connectivity index (χ0) is 19.9.